The molecule has 2 fully saturated rings. The maximum Gasteiger partial charge on any atom is 0.294 e. The number of benzene rings is 1. The van der Waals surface area contributed by atoms with Crippen molar-refractivity contribution in [2.75, 3.05) is 11.6 Å². The minimum Gasteiger partial charge on any atom is -0.361 e. The molecule has 0 unspecified atom stereocenters. The Bertz CT molecular complexity index is 1660. The maximum absolute atomic E-state index is 13.5. The second-order valence-corrected chi connectivity index (χ2v) is 12.2. The topological polar surface area (TPSA) is 133 Å². The van der Waals surface area contributed by atoms with Crippen molar-refractivity contribution in [3.05, 3.63) is 64.1 Å². The predicted molar refractivity (Wildman–Crippen MR) is 144 cm³/mol. The van der Waals surface area contributed by atoms with Crippen LogP contribution < -0.4 is 10.9 Å². The summed E-state index contributed by atoms with van der Waals surface area (Å²) in [6.07, 6.45) is 9.69. The summed E-state index contributed by atoms with van der Waals surface area (Å²) < 4.78 is 25.1. The van der Waals surface area contributed by atoms with Crippen molar-refractivity contribution in [2.24, 2.45) is 0 Å². The van der Waals surface area contributed by atoms with Crippen molar-refractivity contribution < 1.29 is 8.42 Å². The number of aryl methyl sites for hydroxylation is 1. The predicted octanol–water partition coefficient (Wildman–Crippen LogP) is 3.82. The lowest BCUT2D eigenvalue weighted by molar-refractivity contribution is 0.602. The van der Waals surface area contributed by atoms with Gasteiger partial charge in [0.15, 0.2) is 27.1 Å². The first-order valence-corrected chi connectivity index (χ1v) is 14.9. The van der Waals surface area contributed by atoms with Crippen LogP contribution in [-0.2, 0) is 22.9 Å². The number of aromatic nitrogens is 6. The molecular formula is C27H29N7O3S. The van der Waals surface area contributed by atoms with Gasteiger partial charge < -0.3 is 5.32 Å². The van der Waals surface area contributed by atoms with Gasteiger partial charge in [0.1, 0.15) is 11.8 Å². The first-order chi connectivity index (χ1) is 18.3. The molecule has 0 amide bonds. The summed E-state index contributed by atoms with van der Waals surface area (Å²) >= 11 is 0. The van der Waals surface area contributed by atoms with Crippen molar-refractivity contribution >= 4 is 26.8 Å². The lowest BCUT2D eigenvalue weighted by Gasteiger charge is -2.15. The summed E-state index contributed by atoms with van der Waals surface area (Å²) in [4.78, 5) is 37.1. The summed E-state index contributed by atoms with van der Waals surface area (Å²) in [6.45, 7) is 2.82. The summed E-state index contributed by atoms with van der Waals surface area (Å²) in [6, 6.07) is 6.57. The highest BCUT2D eigenvalue weighted by Crippen LogP contribution is 2.48. The van der Waals surface area contributed by atoms with E-state index < -0.39 is 9.84 Å². The third-order valence-corrected chi connectivity index (χ3v) is 8.13. The van der Waals surface area contributed by atoms with Gasteiger partial charge in [-0.1, -0.05) is 19.1 Å². The van der Waals surface area contributed by atoms with Crippen LogP contribution in [0.1, 0.15) is 67.8 Å². The molecule has 1 aromatic carbocycles. The molecule has 3 aromatic heterocycles. The molecule has 3 heterocycles. The van der Waals surface area contributed by atoms with Gasteiger partial charge in [-0.2, -0.15) is 0 Å². The lowest BCUT2D eigenvalue weighted by Crippen LogP contribution is -2.26. The van der Waals surface area contributed by atoms with E-state index in [0.717, 1.165) is 54.6 Å². The van der Waals surface area contributed by atoms with E-state index in [2.05, 4.69) is 25.3 Å². The highest BCUT2D eigenvalue weighted by atomic mass is 32.2. The van der Waals surface area contributed by atoms with Crippen LogP contribution in [0.25, 0.3) is 22.6 Å². The van der Waals surface area contributed by atoms with Crippen LogP contribution >= 0.6 is 0 Å². The molecule has 11 heteroatoms. The minimum atomic E-state index is -3.27. The van der Waals surface area contributed by atoms with E-state index in [1.807, 2.05) is 6.92 Å². The average Bonchev–Trinajstić information content (AvgIpc) is 3.82. The van der Waals surface area contributed by atoms with Gasteiger partial charge >= 0.3 is 0 Å². The van der Waals surface area contributed by atoms with Crippen molar-refractivity contribution in [1.29, 1.82) is 0 Å². The van der Waals surface area contributed by atoms with Crippen molar-refractivity contribution in [1.82, 2.24) is 29.5 Å². The quantitative estimate of drug-likeness (QED) is 0.342. The smallest absolute Gasteiger partial charge is 0.294 e. The Hall–Kier alpha value is -3.73. The number of nitrogens with zero attached hydrogens (tertiary/aromatic N) is 6. The maximum atomic E-state index is 13.5. The van der Waals surface area contributed by atoms with Crippen molar-refractivity contribution in [3.63, 3.8) is 0 Å². The molecule has 2 aliphatic rings. The highest BCUT2D eigenvalue weighted by Gasteiger charge is 2.35. The number of nitrogens with one attached hydrogen (secondary N) is 1. The zero-order chi connectivity index (χ0) is 26.4. The van der Waals surface area contributed by atoms with Crippen molar-refractivity contribution in [2.45, 2.75) is 68.8 Å². The fourth-order valence-corrected chi connectivity index (χ4v) is 5.35. The Morgan fingerprint density at radius 3 is 2.21 bits per heavy atom. The molecule has 0 atom stereocenters. The third kappa shape index (κ3) is 4.78. The third-order valence-electron chi connectivity index (χ3n) is 7.00. The summed E-state index contributed by atoms with van der Waals surface area (Å²) in [5, 5.41) is 3.12. The normalized spacial score (nSPS) is 15.6. The number of sulfone groups is 1. The molecule has 10 nitrogen and oxygen atoms in total. The molecule has 2 aliphatic carbocycles. The minimum absolute atomic E-state index is 0.204. The van der Waals surface area contributed by atoms with Crippen LogP contribution in [-0.4, -0.2) is 44.2 Å². The molecule has 6 rings (SSSR count). The number of anilines is 1. The fourth-order valence-electron chi connectivity index (χ4n) is 4.72. The van der Waals surface area contributed by atoms with Crippen LogP contribution in [0.3, 0.4) is 0 Å². The lowest BCUT2D eigenvalue weighted by atomic mass is 10.0. The molecular weight excluding hydrogens is 502 g/mol. The van der Waals surface area contributed by atoms with Crippen LogP contribution in [0.2, 0.25) is 0 Å². The number of fused-ring (bicyclic) bond motifs is 1. The largest absolute Gasteiger partial charge is 0.361 e. The zero-order valence-electron chi connectivity index (χ0n) is 21.4. The number of rotatable bonds is 9. The van der Waals surface area contributed by atoms with Crippen LogP contribution in [0, 0.1) is 0 Å². The van der Waals surface area contributed by atoms with Gasteiger partial charge in [0.25, 0.3) is 5.56 Å². The van der Waals surface area contributed by atoms with Crippen LogP contribution in [0.5, 0.6) is 0 Å². The summed E-state index contributed by atoms with van der Waals surface area (Å²) in [5.41, 5.74) is 4.54. The zero-order valence-corrected chi connectivity index (χ0v) is 22.2. The molecule has 0 radical (unpaired) electrons. The molecule has 38 heavy (non-hydrogen) atoms. The van der Waals surface area contributed by atoms with E-state index >= 15 is 0 Å². The first-order valence-electron chi connectivity index (χ1n) is 13.0. The molecule has 196 valence electrons. The molecule has 4 aromatic rings. The Morgan fingerprint density at radius 1 is 0.974 bits per heavy atom. The first kappa shape index (κ1) is 24.6. The van der Waals surface area contributed by atoms with Gasteiger partial charge in [0.2, 0.25) is 0 Å². The average molecular weight is 532 g/mol. The Kier molecular flexibility index (Phi) is 6.17. The van der Waals surface area contributed by atoms with Gasteiger partial charge in [-0.05, 0) is 49.8 Å². The van der Waals surface area contributed by atoms with Gasteiger partial charge in [0, 0.05) is 31.2 Å². The second kappa shape index (κ2) is 9.54. The van der Waals surface area contributed by atoms with Crippen molar-refractivity contribution in [3.8, 4) is 11.4 Å². The number of hydrogen-bond acceptors (Lipinski definition) is 9. The molecule has 2 saturated carbocycles. The second-order valence-electron chi connectivity index (χ2n) is 10.2. The van der Waals surface area contributed by atoms with Gasteiger partial charge in [-0.15, -0.1) is 0 Å². The Balaban J connectivity index is 1.37. The molecule has 0 spiro atoms. The molecule has 0 aliphatic heterocycles. The van der Waals surface area contributed by atoms with E-state index in [1.165, 1.54) is 6.26 Å². The van der Waals surface area contributed by atoms with E-state index in [-0.39, 0.29) is 16.3 Å². The van der Waals surface area contributed by atoms with E-state index in [4.69, 9.17) is 4.98 Å². The van der Waals surface area contributed by atoms with Crippen LogP contribution in [0.15, 0.2) is 46.5 Å². The van der Waals surface area contributed by atoms with Gasteiger partial charge in [-0.3, -0.25) is 9.36 Å². The fraction of sp³-hybridized carbons (Fsp3) is 0.407. The Labute approximate surface area is 220 Å². The SMILES string of the molecule is CCCn1c(=O)c(NCc2ccc(S(C)(=O)=O)cc2)nc2cnc(-c3c(C4CC4)ncnc3C3CC3)nc21. The monoisotopic (exact) mass is 531 g/mol. The molecule has 0 bridgehead atoms. The van der Waals surface area contributed by atoms with E-state index in [9.17, 15) is 13.2 Å². The summed E-state index contributed by atoms with van der Waals surface area (Å²) in [5.74, 6) is 1.59. The van der Waals surface area contributed by atoms with E-state index in [1.54, 1.807) is 41.4 Å². The molecule has 0 saturated heterocycles. The highest BCUT2D eigenvalue weighted by molar-refractivity contribution is 7.90. The van der Waals surface area contributed by atoms with E-state index in [0.29, 0.717) is 41.9 Å². The standard InChI is InChI=1S/C27H29N7O3S/c1-3-12-34-26-20(32-25(27(34)35)28-13-16-4-10-19(11-5-16)38(2,36)37)14-29-24(33-26)21-22(17-6-7-17)30-15-31-23(21)18-8-9-18/h4-5,10-11,14-15,17-18H,3,6-9,12-13H2,1-2H3,(H,28,32). The van der Waals surface area contributed by atoms with Crippen LogP contribution in [0.4, 0.5) is 5.82 Å². The molecule has 1 N–H and O–H groups in total. The number of hydrogen-bond donors (Lipinski definition) is 1. The van der Waals surface area contributed by atoms with Gasteiger partial charge in [0.05, 0.1) is 28.0 Å². The summed E-state index contributed by atoms with van der Waals surface area (Å²) in [7, 11) is -3.27. The van der Waals surface area contributed by atoms with Gasteiger partial charge in [-0.25, -0.2) is 33.3 Å². The Morgan fingerprint density at radius 2 is 1.63 bits per heavy atom.